The lowest BCUT2D eigenvalue weighted by molar-refractivity contribution is -0.121. The lowest BCUT2D eigenvalue weighted by atomic mass is 10.2. The van der Waals surface area contributed by atoms with Crippen LogP contribution < -0.4 is 9.62 Å². The smallest absolute Gasteiger partial charge is 0.232 e. The van der Waals surface area contributed by atoms with Gasteiger partial charge < -0.3 is 5.32 Å². The van der Waals surface area contributed by atoms with E-state index in [2.05, 4.69) is 5.32 Å². The van der Waals surface area contributed by atoms with E-state index in [0.29, 0.717) is 17.7 Å². The Balaban J connectivity index is 1.89. The average molecular weight is 378 g/mol. The maximum Gasteiger partial charge on any atom is 0.232 e. The topological polar surface area (TPSA) is 66.5 Å². The van der Waals surface area contributed by atoms with Crippen molar-refractivity contribution in [2.24, 2.45) is 0 Å². The molecule has 0 saturated carbocycles. The number of amides is 1. The molecule has 0 saturated heterocycles. The van der Waals surface area contributed by atoms with E-state index >= 15 is 0 Å². The molecule has 2 aromatic rings. The quantitative estimate of drug-likeness (QED) is 0.768. The maximum absolute atomic E-state index is 13.1. The molecule has 0 aliphatic rings. The zero-order valence-electron chi connectivity index (χ0n) is 14.9. The molecule has 2 rings (SSSR count). The Morgan fingerprint density at radius 2 is 1.88 bits per heavy atom. The normalized spacial score (nSPS) is 11.2. The van der Waals surface area contributed by atoms with E-state index in [1.54, 1.807) is 24.3 Å². The van der Waals surface area contributed by atoms with Gasteiger partial charge in [-0.1, -0.05) is 30.3 Å². The average Bonchev–Trinajstić information content (AvgIpc) is 2.57. The number of hydrogen-bond acceptors (Lipinski definition) is 3. The first-order chi connectivity index (χ1) is 12.3. The lowest BCUT2D eigenvalue weighted by Crippen LogP contribution is -2.32. The fourth-order valence-electron chi connectivity index (χ4n) is 2.63. The lowest BCUT2D eigenvalue weighted by Gasteiger charge is -2.24. The maximum atomic E-state index is 13.1. The van der Waals surface area contributed by atoms with E-state index in [1.807, 2.05) is 19.1 Å². The van der Waals surface area contributed by atoms with E-state index in [4.69, 9.17) is 0 Å². The predicted octanol–water partition coefficient (Wildman–Crippen LogP) is 3.00. The highest BCUT2D eigenvalue weighted by atomic mass is 32.2. The number of hydrogen-bond donors (Lipinski definition) is 1. The minimum Gasteiger partial charge on any atom is -0.352 e. The Hall–Kier alpha value is -2.41. The molecule has 5 nitrogen and oxygen atoms in total. The summed E-state index contributed by atoms with van der Waals surface area (Å²) in [4.78, 5) is 12.0. The van der Waals surface area contributed by atoms with Crippen LogP contribution >= 0.6 is 0 Å². The summed E-state index contributed by atoms with van der Waals surface area (Å²) in [6.45, 7) is 2.31. The molecule has 0 spiro atoms. The SMILES string of the molecule is Cc1ccccc1N(CCCC(=O)NCc1cccc(F)c1)S(C)(=O)=O. The molecule has 140 valence electrons. The fourth-order valence-corrected chi connectivity index (χ4v) is 3.65. The number of aryl methyl sites for hydroxylation is 1. The highest BCUT2D eigenvalue weighted by Gasteiger charge is 2.18. The number of halogens is 1. The third-order valence-electron chi connectivity index (χ3n) is 3.93. The van der Waals surface area contributed by atoms with Crippen molar-refractivity contribution in [3.63, 3.8) is 0 Å². The van der Waals surface area contributed by atoms with E-state index in [0.717, 1.165) is 11.8 Å². The van der Waals surface area contributed by atoms with Crippen molar-refractivity contribution in [1.29, 1.82) is 0 Å². The summed E-state index contributed by atoms with van der Waals surface area (Å²) in [5.74, 6) is -0.550. The van der Waals surface area contributed by atoms with Crippen molar-refractivity contribution in [3.8, 4) is 0 Å². The van der Waals surface area contributed by atoms with Crippen molar-refractivity contribution in [3.05, 3.63) is 65.5 Å². The minimum atomic E-state index is -3.44. The third-order valence-corrected chi connectivity index (χ3v) is 5.11. The molecule has 0 radical (unpaired) electrons. The van der Waals surface area contributed by atoms with Crippen LogP contribution in [0.25, 0.3) is 0 Å². The first-order valence-electron chi connectivity index (χ1n) is 8.32. The Morgan fingerprint density at radius 1 is 1.15 bits per heavy atom. The number of nitrogens with one attached hydrogen (secondary N) is 1. The third kappa shape index (κ3) is 5.84. The van der Waals surface area contributed by atoms with Crippen molar-refractivity contribution in [2.45, 2.75) is 26.3 Å². The van der Waals surface area contributed by atoms with Crippen molar-refractivity contribution in [2.75, 3.05) is 17.1 Å². The molecule has 0 aromatic heterocycles. The molecule has 0 aliphatic heterocycles. The molecule has 0 heterocycles. The van der Waals surface area contributed by atoms with Crippen LogP contribution in [0.15, 0.2) is 48.5 Å². The van der Waals surface area contributed by atoms with Crippen molar-refractivity contribution < 1.29 is 17.6 Å². The summed E-state index contributed by atoms with van der Waals surface area (Å²) in [5, 5.41) is 2.72. The van der Waals surface area contributed by atoms with Gasteiger partial charge in [0.25, 0.3) is 0 Å². The first-order valence-corrected chi connectivity index (χ1v) is 10.2. The molecular weight excluding hydrogens is 355 g/mol. The number of anilines is 1. The van der Waals surface area contributed by atoms with Gasteiger partial charge in [0.2, 0.25) is 15.9 Å². The standard InChI is InChI=1S/C19H23FN2O3S/c1-15-7-3-4-10-18(15)22(26(2,24)25)12-6-11-19(23)21-14-16-8-5-9-17(20)13-16/h3-5,7-10,13H,6,11-12,14H2,1-2H3,(H,21,23). The molecule has 0 aliphatic carbocycles. The number of rotatable bonds is 8. The predicted molar refractivity (Wildman–Crippen MR) is 101 cm³/mol. The largest absolute Gasteiger partial charge is 0.352 e. The van der Waals surface area contributed by atoms with Gasteiger partial charge in [-0.15, -0.1) is 0 Å². The van der Waals surface area contributed by atoms with E-state index in [-0.39, 0.29) is 31.2 Å². The summed E-state index contributed by atoms with van der Waals surface area (Å²) in [7, 11) is -3.44. The van der Waals surface area contributed by atoms with Crippen molar-refractivity contribution >= 4 is 21.6 Å². The summed E-state index contributed by atoms with van der Waals surface area (Å²) in [6.07, 6.45) is 1.73. The highest BCUT2D eigenvalue weighted by molar-refractivity contribution is 7.92. The zero-order chi connectivity index (χ0) is 19.2. The van der Waals surface area contributed by atoms with Gasteiger partial charge in [-0.25, -0.2) is 12.8 Å². The molecule has 0 atom stereocenters. The zero-order valence-corrected chi connectivity index (χ0v) is 15.7. The van der Waals surface area contributed by atoms with Crippen LogP contribution in [-0.4, -0.2) is 27.1 Å². The monoisotopic (exact) mass is 378 g/mol. The number of sulfonamides is 1. The molecule has 0 fully saturated rings. The number of nitrogens with zero attached hydrogens (tertiary/aromatic N) is 1. The molecule has 0 bridgehead atoms. The van der Waals surface area contributed by atoms with Crippen LogP contribution in [0, 0.1) is 12.7 Å². The summed E-state index contributed by atoms with van der Waals surface area (Å²) in [5.41, 5.74) is 2.15. The van der Waals surface area contributed by atoms with Gasteiger partial charge in [0.15, 0.2) is 0 Å². The van der Waals surface area contributed by atoms with E-state index in [1.165, 1.54) is 16.4 Å². The molecule has 1 amide bonds. The molecule has 7 heteroatoms. The van der Waals surface area contributed by atoms with Crippen LogP contribution in [0.5, 0.6) is 0 Å². The van der Waals surface area contributed by atoms with Crippen molar-refractivity contribution in [1.82, 2.24) is 5.32 Å². The Morgan fingerprint density at radius 3 is 2.54 bits per heavy atom. The summed E-state index contributed by atoms with van der Waals surface area (Å²) < 4.78 is 38.6. The van der Waals surface area contributed by atoms with Gasteiger partial charge in [0.05, 0.1) is 11.9 Å². The van der Waals surface area contributed by atoms with Crippen LogP contribution in [0.2, 0.25) is 0 Å². The van der Waals surface area contributed by atoms with Gasteiger partial charge in [-0.05, 0) is 42.7 Å². The Bertz CT molecular complexity index is 869. The number of carbonyl (C=O) groups is 1. The van der Waals surface area contributed by atoms with Crippen LogP contribution in [0.3, 0.4) is 0 Å². The summed E-state index contributed by atoms with van der Waals surface area (Å²) >= 11 is 0. The van der Waals surface area contributed by atoms with Gasteiger partial charge in [-0.3, -0.25) is 9.10 Å². The molecule has 0 unspecified atom stereocenters. The van der Waals surface area contributed by atoms with Gasteiger partial charge in [0, 0.05) is 19.5 Å². The highest BCUT2D eigenvalue weighted by Crippen LogP contribution is 2.22. The molecule has 1 N–H and O–H groups in total. The Kier molecular flexibility index (Phi) is 6.74. The molecule has 2 aromatic carbocycles. The van der Waals surface area contributed by atoms with Gasteiger partial charge >= 0.3 is 0 Å². The number of carbonyl (C=O) groups excluding carboxylic acids is 1. The second-order valence-electron chi connectivity index (χ2n) is 6.13. The van der Waals surface area contributed by atoms with Gasteiger partial charge in [0.1, 0.15) is 5.82 Å². The Labute approximate surface area is 153 Å². The second kappa shape index (κ2) is 8.80. The van der Waals surface area contributed by atoms with Crippen LogP contribution in [0.1, 0.15) is 24.0 Å². The van der Waals surface area contributed by atoms with Gasteiger partial charge in [-0.2, -0.15) is 0 Å². The van der Waals surface area contributed by atoms with Crippen LogP contribution in [0.4, 0.5) is 10.1 Å². The first kappa shape index (κ1) is 19.9. The molecular formula is C19H23FN2O3S. The number of benzene rings is 2. The summed E-state index contributed by atoms with van der Waals surface area (Å²) in [6, 6.07) is 13.3. The van der Waals surface area contributed by atoms with E-state index < -0.39 is 10.0 Å². The molecule has 26 heavy (non-hydrogen) atoms. The fraction of sp³-hybridized carbons (Fsp3) is 0.316. The number of para-hydroxylation sites is 1. The van der Waals surface area contributed by atoms with Crippen LogP contribution in [-0.2, 0) is 21.4 Å². The van der Waals surface area contributed by atoms with E-state index in [9.17, 15) is 17.6 Å². The second-order valence-corrected chi connectivity index (χ2v) is 8.04. The minimum absolute atomic E-state index is 0.188.